The molecule has 1 unspecified atom stereocenters. The van der Waals surface area contributed by atoms with Crippen molar-refractivity contribution in [1.82, 2.24) is 10.3 Å². The predicted octanol–water partition coefficient (Wildman–Crippen LogP) is 4.32. The highest BCUT2D eigenvalue weighted by atomic mass is 35.5. The molecule has 0 radical (unpaired) electrons. The number of nitrogens with one attached hydrogen (secondary N) is 1. The van der Waals surface area contributed by atoms with E-state index in [9.17, 15) is 4.79 Å². The third-order valence-electron chi connectivity index (χ3n) is 3.89. The average Bonchev–Trinajstić information content (AvgIpc) is 2.61. The molecular weight excluding hydrogens is 336 g/mol. The lowest BCUT2D eigenvalue weighted by Gasteiger charge is -2.15. The van der Waals surface area contributed by atoms with Gasteiger partial charge in [0, 0.05) is 29.1 Å². The molecule has 25 heavy (non-hydrogen) atoms. The van der Waals surface area contributed by atoms with Crippen LogP contribution in [0.25, 0.3) is 22.2 Å². The highest BCUT2D eigenvalue weighted by molar-refractivity contribution is 6.30. The second kappa shape index (κ2) is 7.64. The summed E-state index contributed by atoms with van der Waals surface area (Å²) >= 11 is 5.97. The van der Waals surface area contributed by atoms with E-state index in [1.165, 1.54) is 0 Å². The number of amides is 1. The van der Waals surface area contributed by atoms with Crippen molar-refractivity contribution in [3.8, 4) is 11.3 Å². The number of methoxy groups -OCH3 is 1. The summed E-state index contributed by atoms with van der Waals surface area (Å²) in [7, 11) is 1.61. The minimum Gasteiger partial charge on any atom is -0.383 e. The molecule has 1 aromatic heterocycles. The molecule has 3 rings (SSSR count). The van der Waals surface area contributed by atoms with E-state index >= 15 is 0 Å². The summed E-state index contributed by atoms with van der Waals surface area (Å²) in [5.74, 6) is -0.140. The Balaban J connectivity index is 2.06. The summed E-state index contributed by atoms with van der Waals surface area (Å²) in [5.41, 5.74) is 3.02. The van der Waals surface area contributed by atoms with E-state index in [4.69, 9.17) is 16.3 Å². The molecule has 4 nitrogen and oxygen atoms in total. The number of hydrogen-bond donors (Lipinski definition) is 1. The molecule has 0 aliphatic heterocycles. The standard InChI is InChI=1S/C20H19ClN2O2/c1-13(12-25-2)22-20(24)17-11-19(14-7-9-15(21)10-8-14)23-18-6-4-3-5-16(17)18/h3-11,13H,12H2,1-2H3,(H,22,24). The number of hydrogen-bond acceptors (Lipinski definition) is 3. The number of aromatic nitrogens is 1. The molecule has 0 fully saturated rings. The number of carbonyl (C=O) groups excluding carboxylic acids is 1. The smallest absolute Gasteiger partial charge is 0.252 e. The molecule has 0 saturated carbocycles. The van der Waals surface area contributed by atoms with Crippen LogP contribution in [0.2, 0.25) is 5.02 Å². The first-order valence-corrected chi connectivity index (χ1v) is 8.42. The van der Waals surface area contributed by atoms with E-state index in [2.05, 4.69) is 10.3 Å². The van der Waals surface area contributed by atoms with Gasteiger partial charge in [-0.1, -0.05) is 41.9 Å². The van der Waals surface area contributed by atoms with Crippen LogP contribution < -0.4 is 5.32 Å². The molecule has 0 aliphatic carbocycles. The maximum Gasteiger partial charge on any atom is 0.252 e. The topological polar surface area (TPSA) is 51.2 Å². The summed E-state index contributed by atoms with van der Waals surface area (Å²) in [6.45, 7) is 2.36. The molecule has 1 heterocycles. The summed E-state index contributed by atoms with van der Waals surface area (Å²) < 4.78 is 5.09. The number of carbonyl (C=O) groups is 1. The Labute approximate surface area is 151 Å². The van der Waals surface area contributed by atoms with Crippen LogP contribution in [-0.4, -0.2) is 30.6 Å². The number of ether oxygens (including phenoxy) is 1. The highest BCUT2D eigenvalue weighted by Crippen LogP contribution is 2.26. The SMILES string of the molecule is COCC(C)NC(=O)c1cc(-c2ccc(Cl)cc2)nc2ccccc12. The van der Waals surface area contributed by atoms with Crippen molar-refractivity contribution >= 4 is 28.4 Å². The van der Waals surface area contributed by atoms with Crippen molar-refractivity contribution in [2.45, 2.75) is 13.0 Å². The molecule has 1 N–H and O–H groups in total. The highest BCUT2D eigenvalue weighted by Gasteiger charge is 2.15. The zero-order valence-electron chi connectivity index (χ0n) is 14.1. The zero-order valence-corrected chi connectivity index (χ0v) is 14.9. The quantitative estimate of drug-likeness (QED) is 0.742. The van der Waals surface area contributed by atoms with Crippen molar-refractivity contribution in [3.63, 3.8) is 0 Å². The molecule has 0 saturated heterocycles. The third-order valence-corrected chi connectivity index (χ3v) is 4.15. The Morgan fingerprint density at radius 1 is 1.20 bits per heavy atom. The van der Waals surface area contributed by atoms with Crippen LogP contribution in [0.4, 0.5) is 0 Å². The summed E-state index contributed by atoms with van der Waals surface area (Å²) in [4.78, 5) is 17.5. The van der Waals surface area contributed by atoms with Gasteiger partial charge in [-0.2, -0.15) is 0 Å². The molecule has 3 aromatic rings. The van der Waals surface area contributed by atoms with E-state index in [1.807, 2.05) is 61.5 Å². The Bertz CT molecular complexity index is 894. The lowest BCUT2D eigenvalue weighted by Crippen LogP contribution is -2.35. The van der Waals surface area contributed by atoms with Gasteiger partial charge in [-0.3, -0.25) is 4.79 Å². The Kier molecular flexibility index (Phi) is 5.31. The van der Waals surface area contributed by atoms with Gasteiger partial charge in [0.05, 0.1) is 23.4 Å². The van der Waals surface area contributed by atoms with Crippen LogP contribution in [0.3, 0.4) is 0 Å². The lowest BCUT2D eigenvalue weighted by atomic mass is 10.0. The summed E-state index contributed by atoms with van der Waals surface area (Å²) in [6, 6.07) is 16.8. The van der Waals surface area contributed by atoms with Crippen LogP contribution in [0.5, 0.6) is 0 Å². The first kappa shape index (κ1) is 17.4. The second-order valence-electron chi connectivity index (χ2n) is 5.91. The predicted molar refractivity (Wildman–Crippen MR) is 101 cm³/mol. The Morgan fingerprint density at radius 2 is 1.92 bits per heavy atom. The summed E-state index contributed by atoms with van der Waals surface area (Å²) in [5, 5.41) is 4.45. The first-order chi connectivity index (χ1) is 12.1. The monoisotopic (exact) mass is 354 g/mol. The van der Waals surface area contributed by atoms with Gasteiger partial charge in [0.1, 0.15) is 0 Å². The van der Waals surface area contributed by atoms with E-state index < -0.39 is 0 Å². The van der Waals surface area contributed by atoms with Crippen LogP contribution in [0.1, 0.15) is 17.3 Å². The van der Waals surface area contributed by atoms with Crippen LogP contribution in [0, 0.1) is 0 Å². The minimum absolute atomic E-state index is 0.0802. The number of para-hydroxylation sites is 1. The third kappa shape index (κ3) is 3.98. The number of benzene rings is 2. The average molecular weight is 355 g/mol. The van der Waals surface area contributed by atoms with Gasteiger partial charge in [0.25, 0.3) is 5.91 Å². The minimum atomic E-state index is -0.140. The first-order valence-electron chi connectivity index (χ1n) is 8.04. The fourth-order valence-electron chi connectivity index (χ4n) is 2.73. The number of rotatable bonds is 5. The molecule has 1 amide bonds. The van der Waals surface area contributed by atoms with E-state index in [1.54, 1.807) is 7.11 Å². The maximum absolute atomic E-state index is 12.8. The van der Waals surface area contributed by atoms with Gasteiger partial charge in [-0.25, -0.2) is 4.98 Å². The van der Waals surface area contributed by atoms with Gasteiger partial charge >= 0.3 is 0 Å². The normalized spacial score (nSPS) is 12.1. The molecule has 2 aromatic carbocycles. The van der Waals surface area contributed by atoms with Crippen LogP contribution in [0.15, 0.2) is 54.6 Å². The fraction of sp³-hybridized carbons (Fsp3) is 0.200. The van der Waals surface area contributed by atoms with E-state index in [0.29, 0.717) is 17.2 Å². The van der Waals surface area contributed by atoms with Gasteiger partial charge < -0.3 is 10.1 Å². The van der Waals surface area contributed by atoms with Crippen molar-refractivity contribution in [2.75, 3.05) is 13.7 Å². The number of halogens is 1. The molecule has 0 bridgehead atoms. The van der Waals surface area contributed by atoms with Crippen molar-refractivity contribution < 1.29 is 9.53 Å². The number of pyridine rings is 1. The molecule has 5 heteroatoms. The molecule has 1 atom stereocenters. The van der Waals surface area contributed by atoms with Crippen molar-refractivity contribution in [3.05, 3.63) is 65.2 Å². The van der Waals surface area contributed by atoms with Gasteiger partial charge in [0.2, 0.25) is 0 Å². The fourth-order valence-corrected chi connectivity index (χ4v) is 2.85. The largest absolute Gasteiger partial charge is 0.383 e. The number of nitrogens with zero attached hydrogens (tertiary/aromatic N) is 1. The lowest BCUT2D eigenvalue weighted by molar-refractivity contribution is 0.0907. The second-order valence-corrected chi connectivity index (χ2v) is 6.35. The molecule has 0 spiro atoms. The van der Waals surface area contributed by atoms with Crippen molar-refractivity contribution in [2.24, 2.45) is 0 Å². The molecular formula is C20H19ClN2O2. The van der Waals surface area contributed by atoms with Crippen molar-refractivity contribution in [1.29, 1.82) is 0 Å². The van der Waals surface area contributed by atoms with Gasteiger partial charge in [-0.05, 0) is 31.2 Å². The van der Waals surface area contributed by atoms with Gasteiger partial charge in [-0.15, -0.1) is 0 Å². The molecule has 0 aliphatic rings. The maximum atomic E-state index is 12.8. The van der Waals surface area contributed by atoms with Crippen LogP contribution in [-0.2, 0) is 4.74 Å². The summed E-state index contributed by atoms with van der Waals surface area (Å²) in [6.07, 6.45) is 0. The number of fused-ring (bicyclic) bond motifs is 1. The van der Waals surface area contributed by atoms with Gasteiger partial charge in [0.15, 0.2) is 0 Å². The van der Waals surface area contributed by atoms with E-state index in [0.717, 1.165) is 22.2 Å². The van der Waals surface area contributed by atoms with Crippen LogP contribution >= 0.6 is 11.6 Å². The zero-order chi connectivity index (χ0) is 17.8. The Morgan fingerprint density at radius 3 is 2.64 bits per heavy atom. The van der Waals surface area contributed by atoms with E-state index in [-0.39, 0.29) is 11.9 Å². The molecule has 128 valence electrons. The Hall–Kier alpha value is -2.43.